The van der Waals surface area contributed by atoms with Gasteiger partial charge in [-0.1, -0.05) is 6.92 Å². The molecule has 1 rings (SSSR count). The third-order valence-corrected chi connectivity index (χ3v) is 4.14. The molecule has 0 aromatic carbocycles. The van der Waals surface area contributed by atoms with Gasteiger partial charge in [0.1, 0.15) is 0 Å². The van der Waals surface area contributed by atoms with Gasteiger partial charge < -0.3 is 5.73 Å². The van der Waals surface area contributed by atoms with Gasteiger partial charge in [-0.05, 0) is 56.7 Å². The smallest absolute Gasteiger partial charge is 0.0226 e. The fourth-order valence-electron chi connectivity index (χ4n) is 2.35. The molecule has 1 aliphatic rings. The van der Waals surface area contributed by atoms with E-state index in [9.17, 15) is 0 Å². The van der Waals surface area contributed by atoms with Crippen LogP contribution in [0.1, 0.15) is 32.6 Å². The normalized spacial score (nSPS) is 26.2. The second-order valence-corrected chi connectivity index (χ2v) is 5.73. The Balaban J connectivity index is 2.37. The van der Waals surface area contributed by atoms with Gasteiger partial charge in [0.2, 0.25) is 0 Å². The summed E-state index contributed by atoms with van der Waals surface area (Å²) in [6.45, 7) is 5.73. The summed E-state index contributed by atoms with van der Waals surface area (Å²) in [5.74, 6) is 2.16. The van der Waals surface area contributed by atoms with Gasteiger partial charge in [0.15, 0.2) is 0 Å². The number of likely N-dealkylation sites (tertiary alicyclic amines) is 1. The van der Waals surface area contributed by atoms with E-state index in [2.05, 4.69) is 18.1 Å². The van der Waals surface area contributed by atoms with Crippen molar-refractivity contribution in [3.63, 3.8) is 0 Å². The molecule has 2 nitrogen and oxygen atoms in total. The molecule has 0 bridgehead atoms. The number of hydrogen-bond acceptors (Lipinski definition) is 3. The molecule has 2 unspecified atom stereocenters. The van der Waals surface area contributed by atoms with E-state index in [0.29, 0.717) is 6.04 Å². The maximum atomic E-state index is 5.88. The zero-order valence-electron chi connectivity index (χ0n) is 10.2. The fraction of sp³-hybridized carbons (Fsp3) is 1.00. The molecule has 1 saturated heterocycles. The first-order valence-electron chi connectivity index (χ1n) is 6.21. The quantitative estimate of drug-likeness (QED) is 0.785. The molecule has 3 heteroatoms. The van der Waals surface area contributed by atoms with E-state index in [1.165, 1.54) is 44.5 Å². The van der Waals surface area contributed by atoms with Crippen molar-refractivity contribution in [1.82, 2.24) is 4.90 Å². The largest absolute Gasteiger partial charge is 0.329 e. The predicted octanol–water partition coefficient (Wildman–Crippen LogP) is 2.19. The lowest BCUT2D eigenvalue weighted by atomic mass is 10.0. The highest BCUT2D eigenvalue weighted by molar-refractivity contribution is 7.98. The van der Waals surface area contributed by atoms with Gasteiger partial charge in [-0.15, -0.1) is 0 Å². The molecule has 90 valence electrons. The summed E-state index contributed by atoms with van der Waals surface area (Å²) in [6.07, 6.45) is 7.55. The lowest BCUT2D eigenvalue weighted by molar-refractivity contribution is 0.202. The molecule has 1 heterocycles. The standard InChI is InChI=1S/C12H26N2S/c1-11-4-3-7-14(8-5-11)12(10-13)6-9-15-2/h11-12H,3-10,13H2,1-2H3. The Labute approximate surface area is 99.0 Å². The van der Waals surface area contributed by atoms with Gasteiger partial charge in [0.25, 0.3) is 0 Å². The topological polar surface area (TPSA) is 29.3 Å². The fourth-order valence-corrected chi connectivity index (χ4v) is 2.86. The molecule has 0 aromatic heterocycles. The van der Waals surface area contributed by atoms with Crippen molar-refractivity contribution < 1.29 is 0 Å². The molecular weight excluding hydrogens is 204 g/mol. The highest BCUT2D eigenvalue weighted by Crippen LogP contribution is 2.19. The van der Waals surface area contributed by atoms with Gasteiger partial charge in [0.05, 0.1) is 0 Å². The van der Waals surface area contributed by atoms with Gasteiger partial charge in [-0.3, -0.25) is 4.90 Å². The van der Waals surface area contributed by atoms with Gasteiger partial charge in [0, 0.05) is 12.6 Å². The second kappa shape index (κ2) is 7.53. The minimum absolute atomic E-state index is 0.628. The van der Waals surface area contributed by atoms with Crippen LogP contribution in [0.3, 0.4) is 0 Å². The SMILES string of the molecule is CSCCC(CN)N1CCCC(C)CC1. The van der Waals surface area contributed by atoms with Gasteiger partial charge in [-0.25, -0.2) is 0 Å². The zero-order valence-corrected chi connectivity index (χ0v) is 11.1. The van der Waals surface area contributed by atoms with Crippen molar-refractivity contribution in [3.8, 4) is 0 Å². The molecule has 0 radical (unpaired) electrons. The van der Waals surface area contributed by atoms with Crippen LogP contribution in [0.15, 0.2) is 0 Å². The number of thioether (sulfide) groups is 1. The Morgan fingerprint density at radius 3 is 2.87 bits per heavy atom. The summed E-state index contributed by atoms with van der Waals surface area (Å²) in [7, 11) is 0. The Morgan fingerprint density at radius 2 is 2.20 bits per heavy atom. The molecule has 2 N–H and O–H groups in total. The molecule has 0 aromatic rings. The molecule has 15 heavy (non-hydrogen) atoms. The van der Waals surface area contributed by atoms with Crippen LogP contribution in [0.5, 0.6) is 0 Å². The van der Waals surface area contributed by atoms with Crippen LogP contribution < -0.4 is 5.73 Å². The number of hydrogen-bond donors (Lipinski definition) is 1. The summed E-state index contributed by atoms with van der Waals surface area (Å²) in [6, 6.07) is 0.628. The molecule has 0 spiro atoms. The molecule has 0 aliphatic carbocycles. The highest BCUT2D eigenvalue weighted by Gasteiger charge is 2.20. The Hall–Kier alpha value is 0.270. The lowest BCUT2D eigenvalue weighted by Crippen LogP contribution is -2.41. The van der Waals surface area contributed by atoms with Crippen molar-refractivity contribution in [1.29, 1.82) is 0 Å². The van der Waals surface area contributed by atoms with Crippen LogP contribution >= 0.6 is 11.8 Å². The summed E-state index contributed by atoms with van der Waals surface area (Å²) < 4.78 is 0. The summed E-state index contributed by atoms with van der Waals surface area (Å²) in [5.41, 5.74) is 5.88. The summed E-state index contributed by atoms with van der Waals surface area (Å²) in [4.78, 5) is 2.62. The molecule has 2 atom stereocenters. The minimum atomic E-state index is 0.628. The molecule has 1 aliphatic heterocycles. The average molecular weight is 230 g/mol. The molecule has 0 amide bonds. The molecular formula is C12H26N2S. The van der Waals surface area contributed by atoms with Crippen LogP contribution in [0, 0.1) is 5.92 Å². The van der Waals surface area contributed by atoms with E-state index in [0.717, 1.165) is 12.5 Å². The minimum Gasteiger partial charge on any atom is -0.329 e. The highest BCUT2D eigenvalue weighted by atomic mass is 32.2. The van der Waals surface area contributed by atoms with Crippen LogP contribution in [0.2, 0.25) is 0 Å². The third kappa shape index (κ3) is 4.75. The van der Waals surface area contributed by atoms with Crippen LogP contribution in [-0.2, 0) is 0 Å². The average Bonchev–Trinajstić information content (AvgIpc) is 2.45. The van der Waals surface area contributed by atoms with Crippen molar-refractivity contribution in [2.45, 2.75) is 38.6 Å². The Morgan fingerprint density at radius 1 is 1.40 bits per heavy atom. The van der Waals surface area contributed by atoms with E-state index in [1.54, 1.807) is 0 Å². The first-order chi connectivity index (χ1) is 7.27. The third-order valence-electron chi connectivity index (χ3n) is 3.50. The summed E-state index contributed by atoms with van der Waals surface area (Å²) in [5, 5.41) is 0. The number of nitrogens with two attached hydrogens (primary N) is 1. The van der Waals surface area contributed by atoms with Gasteiger partial charge in [-0.2, -0.15) is 11.8 Å². The van der Waals surface area contributed by atoms with E-state index >= 15 is 0 Å². The van der Waals surface area contributed by atoms with Gasteiger partial charge >= 0.3 is 0 Å². The Bertz CT molecular complexity index is 164. The maximum absolute atomic E-state index is 5.88. The molecule has 0 saturated carbocycles. The van der Waals surface area contributed by atoms with E-state index < -0.39 is 0 Å². The number of nitrogens with zero attached hydrogens (tertiary/aromatic N) is 1. The first-order valence-corrected chi connectivity index (χ1v) is 7.60. The van der Waals surface area contributed by atoms with E-state index in [1.807, 2.05) is 11.8 Å². The van der Waals surface area contributed by atoms with Crippen molar-refractivity contribution in [2.24, 2.45) is 11.7 Å². The zero-order chi connectivity index (χ0) is 11.1. The first kappa shape index (κ1) is 13.3. The Kier molecular flexibility index (Phi) is 6.69. The van der Waals surface area contributed by atoms with E-state index in [4.69, 9.17) is 5.73 Å². The molecule has 1 fully saturated rings. The van der Waals surface area contributed by atoms with Crippen LogP contribution in [0.25, 0.3) is 0 Å². The van der Waals surface area contributed by atoms with Crippen molar-refractivity contribution >= 4 is 11.8 Å². The predicted molar refractivity (Wildman–Crippen MR) is 70.4 cm³/mol. The maximum Gasteiger partial charge on any atom is 0.0226 e. The van der Waals surface area contributed by atoms with Crippen LogP contribution in [-0.4, -0.2) is 42.6 Å². The number of rotatable bonds is 5. The van der Waals surface area contributed by atoms with E-state index in [-0.39, 0.29) is 0 Å². The van der Waals surface area contributed by atoms with Crippen LogP contribution in [0.4, 0.5) is 0 Å². The van der Waals surface area contributed by atoms with Crippen molar-refractivity contribution in [3.05, 3.63) is 0 Å². The lowest BCUT2D eigenvalue weighted by Gasteiger charge is -2.29. The monoisotopic (exact) mass is 230 g/mol. The second-order valence-electron chi connectivity index (χ2n) is 4.74. The summed E-state index contributed by atoms with van der Waals surface area (Å²) >= 11 is 1.93. The van der Waals surface area contributed by atoms with Crippen molar-refractivity contribution in [2.75, 3.05) is 31.6 Å².